The van der Waals surface area contributed by atoms with Crippen LogP contribution in [0.2, 0.25) is 0 Å². The summed E-state index contributed by atoms with van der Waals surface area (Å²) in [5.41, 5.74) is 1.00. The summed E-state index contributed by atoms with van der Waals surface area (Å²) in [6, 6.07) is 7.27. The number of benzene rings is 1. The molecule has 0 aliphatic carbocycles. The molecule has 0 unspecified atom stereocenters. The second kappa shape index (κ2) is 9.36. The van der Waals surface area contributed by atoms with Crippen molar-refractivity contribution in [2.24, 2.45) is 5.92 Å². The highest BCUT2D eigenvalue weighted by atomic mass is 16.5. The van der Waals surface area contributed by atoms with E-state index in [9.17, 15) is 14.7 Å². The minimum Gasteiger partial charge on any atom is -0.494 e. The van der Waals surface area contributed by atoms with E-state index in [1.165, 1.54) is 6.39 Å². The van der Waals surface area contributed by atoms with Crippen molar-refractivity contribution in [3.8, 4) is 5.75 Å². The molecule has 0 bridgehead atoms. The van der Waals surface area contributed by atoms with Crippen LogP contribution in [0.15, 0.2) is 35.1 Å². The largest absolute Gasteiger partial charge is 0.494 e. The molecule has 1 fully saturated rings. The fraction of sp³-hybridized carbons (Fsp3) is 0.450. The second-order valence-electron chi connectivity index (χ2n) is 6.59. The number of hydrogen-bond acceptors (Lipinski definition) is 6. The predicted molar refractivity (Wildman–Crippen MR) is 99.2 cm³/mol. The molecule has 1 aliphatic heterocycles. The number of nitrogens with one attached hydrogen (secondary N) is 1. The van der Waals surface area contributed by atoms with E-state index in [1.54, 1.807) is 12.1 Å². The highest BCUT2D eigenvalue weighted by molar-refractivity contribution is 5.93. The topological polar surface area (TPSA) is 111 Å². The first-order valence-corrected chi connectivity index (χ1v) is 9.36. The third-order valence-electron chi connectivity index (χ3n) is 4.61. The Kier molecular flexibility index (Phi) is 6.65. The van der Waals surface area contributed by atoms with E-state index < -0.39 is 17.8 Å². The van der Waals surface area contributed by atoms with Crippen molar-refractivity contribution in [2.45, 2.75) is 32.3 Å². The first-order valence-electron chi connectivity index (χ1n) is 9.36. The molecule has 1 saturated heterocycles. The number of carbonyl (C=O) groups is 2. The average Bonchev–Trinajstić information content (AvgIpc) is 3.37. The van der Waals surface area contributed by atoms with Gasteiger partial charge in [0.2, 0.25) is 0 Å². The van der Waals surface area contributed by atoms with Gasteiger partial charge in [-0.25, -0.2) is 4.98 Å². The van der Waals surface area contributed by atoms with Crippen molar-refractivity contribution < 1.29 is 28.6 Å². The number of ether oxygens (including phenoxy) is 2. The van der Waals surface area contributed by atoms with Gasteiger partial charge >= 0.3 is 5.97 Å². The van der Waals surface area contributed by atoms with Gasteiger partial charge in [0, 0.05) is 13.2 Å². The summed E-state index contributed by atoms with van der Waals surface area (Å²) in [5, 5.41) is 12.2. The van der Waals surface area contributed by atoms with Crippen LogP contribution in [0.25, 0.3) is 0 Å². The number of aromatic nitrogens is 1. The lowest BCUT2D eigenvalue weighted by Crippen LogP contribution is -2.34. The van der Waals surface area contributed by atoms with Gasteiger partial charge in [-0.1, -0.05) is 12.1 Å². The number of nitrogens with zero attached hydrogens (tertiary/aromatic N) is 1. The van der Waals surface area contributed by atoms with Crippen LogP contribution in [0.4, 0.5) is 0 Å². The SMILES string of the molecule is CCOc1ccc(C[C@@H](CNC(=O)c2ncoc2[C@H]2CCCO2)C(=O)O)cc1. The standard InChI is InChI=1S/C20H24N2O6/c1-2-26-15-7-5-13(6-8-15)10-14(20(24)25)11-21-19(23)17-18(28-12-22-17)16-4-3-9-27-16/h5-8,12,14,16H,2-4,9-11H2,1H3,(H,21,23)(H,24,25)/t14-,16+/m0/s1. The van der Waals surface area contributed by atoms with E-state index in [-0.39, 0.29) is 18.3 Å². The van der Waals surface area contributed by atoms with Gasteiger partial charge in [-0.15, -0.1) is 0 Å². The summed E-state index contributed by atoms with van der Waals surface area (Å²) in [4.78, 5) is 28.1. The van der Waals surface area contributed by atoms with E-state index in [2.05, 4.69) is 10.3 Å². The number of oxazole rings is 1. The number of aliphatic carboxylic acids is 1. The molecule has 2 heterocycles. The first-order chi connectivity index (χ1) is 13.6. The van der Waals surface area contributed by atoms with Gasteiger partial charge in [0.05, 0.1) is 12.5 Å². The quantitative estimate of drug-likeness (QED) is 0.679. The Balaban J connectivity index is 1.60. The zero-order valence-electron chi connectivity index (χ0n) is 15.7. The second-order valence-corrected chi connectivity index (χ2v) is 6.59. The van der Waals surface area contributed by atoms with Crippen LogP contribution < -0.4 is 10.1 Å². The molecule has 1 aromatic carbocycles. The normalized spacial score (nSPS) is 17.2. The van der Waals surface area contributed by atoms with Crippen LogP contribution in [0.1, 0.15) is 47.7 Å². The minimum atomic E-state index is -0.978. The van der Waals surface area contributed by atoms with Gasteiger partial charge in [0.15, 0.2) is 17.8 Å². The van der Waals surface area contributed by atoms with Crippen LogP contribution in [-0.2, 0) is 16.0 Å². The van der Waals surface area contributed by atoms with Crippen molar-refractivity contribution >= 4 is 11.9 Å². The zero-order valence-corrected chi connectivity index (χ0v) is 15.7. The lowest BCUT2D eigenvalue weighted by atomic mass is 9.99. The third-order valence-corrected chi connectivity index (χ3v) is 4.61. The van der Waals surface area contributed by atoms with Gasteiger partial charge in [0.1, 0.15) is 11.9 Å². The smallest absolute Gasteiger partial charge is 0.308 e. The molecular formula is C20H24N2O6. The van der Waals surface area contributed by atoms with Gasteiger partial charge in [-0.2, -0.15) is 0 Å². The molecule has 1 aromatic heterocycles. The van der Waals surface area contributed by atoms with Crippen LogP contribution in [0.3, 0.4) is 0 Å². The Bertz CT molecular complexity index is 795. The number of rotatable bonds is 9. The molecule has 1 aliphatic rings. The van der Waals surface area contributed by atoms with Gasteiger partial charge < -0.3 is 24.3 Å². The number of hydrogen-bond donors (Lipinski definition) is 2. The fourth-order valence-corrected chi connectivity index (χ4v) is 3.16. The molecule has 0 saturated carbocycles. The first kappa shape index (κ1) is 19.9. The number of amides is 1. The Labute approximate surface area is 162 Å². The summed E-state index contributed by atoms with van der Waals surface area (Å²) < 4.78 is 16.3. The summed E-state index contributed by atoms with van der Waals surface area (Å²) in [6.45, 7) is 3.07. The summed E-state index contributed by atoms with van der Waals surface area (Å²) in [7, 11) is 0. The maximum atomic E-state index is 12.5. The molecular weight excluding hydrogens is 364 g/mol. The molecule has 28 heavy (non-hydrogen) atoms. The third kappa shape index (κ3) is 4.89. The van der Waals surface area contributed by atoms with Crippen LogP contribution >= 0.6 is 0 Å². The summed E-state index contributed by atoms with van der Waals surface area (Å²) in [5.74, 6) is -1.07. The monoisotopic (exact) mass is 388 g/mol. The highest BCUT2D eigenvalue weighted by Crippen LogP contribution is 2.30. The summed E-state index contributed by atoms with van der Waals surface area (Å²) >= 11 is 0. The van der Waals surface area contributed by atoms with Crippen LogP contribution in [-0.4, -0.2) is 41.7 Å². The molecule has 8 heteroatoms. The molecule has 2 atom stereocenters. The molecule has 150 valence electrons. The summed E-state index contributed by atoms with van der Waals surface area (Å²) in [6.07, 6.45) is 2.89. The van der Waals surface area contributed by atoms with Crippen molar-refractivity contribution in [3.05, 3.63) is 47.7 Å². The van der Waals surface area contributed by atoms with E-state index in [0.29, 0.717) is 25.4 Å². The molecule has 1 amide bonds. The van der Waals surface area contributed by atoms with Gasteiger partial charge in [0.25, 0.3) is 5.91 Å². The molecule has 3 rings (SSSR count). The lowest BCUT2D eigenvalue weighted by molar-refractivity contribution is -0.141. The minimum absolute atomic E-state index is 0.0147. The van der Waals surface area contributed by atoms with E-state index >= 15 is 0 Å². The molecule has 2 N–H and O–H groups in total. The number of carboxylic acids is 1. The highest BCUT2D eigenvalue weighted by Gasteiger charge is 2.28. The maximum Gasteiger partial charge on any atom is 0.308 e. The van der Waals surface area contributed by atoms with Crippen molar-refractivity contribution in [1.29, 1.82) is 0 Å². The Morgan fingerprint density at radius 2 is 2.14 bits per heavy atom. The average molecular weight is 388 g/mol. The number of carbonyl (C=O) groups excluding carboxylic acids is 1. The fourth-order valence-electron chi connectivity index (χ4n) is 3.16. The Hall–Kier alpha value is -2.87. The Morgan fingerprint density at radius 3 is 2.79 bits per heavy atom. The lowest BCUT2D eigenvalue weighted by Gasteiger charge is -2.14. The van der Waals surface area contributed by atoms with Gasteiger partial charge in [-0.05, 0) is 43.9 Å². The Morgan fingerprint density at radius 1 is 1.36 bits per heavy atom. The van der Waals surface area contributed by atoms with E-state index in [1.807, 2.05) is 19.1 Å². The van der Waals surface area contributed by atoms with Crippen LogP contribution in [0, 0.1) is 5.92 Å². The van der Waals surface area contributed by atoms with Crippen molar-refractivity contribution in [1.82, 2.24) is 10.3 Å². The van der Waals surface area contributed by atoms with Gasteiger partial charge in [-0.3, -0.25) is 9.59 Å². The molecule has 2 aromatic rings. The van der Waals surface area contributed by atoms with Crippen LogP contribution in [0.5, 0.6) is 5.75 Å². The molecule has 0 radical (unpaired) electrons. The predicted octanol–water partition coefficient (Wildman–Crippen LogP) is 2.60. The van der Waals surface area contributed by atoms with Crippen molar-refractivity contribution in [2.75, 3.05) is 19.8 Å². The molecule has 8 nitrogen and oxygen atoms in total. The number of carboxylic acid groups (broad SMARTS) is 1. The van der Waals surface area contributed by atoms with E-state index in [4.69, 9.17) is 13.9 Å². The van der Waals surface area contributed by atoms with E-state index in [0.717, 1.165) is 24.2 Å². The zero-order chi connectivity index (χ0) is 19.9. The molecule has 0 spiro atoms. The maximum absolute atomic E-state index is 12.5. The van der Waals surface area contributed by atoms with Crippen molar-refractivity contribution in [3.63, 3.8) is 0 Å².